The number of carboxylic acids is 1. The van der Waals surface area contributed by atoms with Crippen molar-refractivity contribution in [3.8, 4) is 11.5 Å². The zero-order valence-corrected chi connectivity index (χ0v) is 20.6. The third kappa shape index (κ3) is 5.79. The molecule has 4 rings (SSSR count). The topological polar surface area (TPSA) is 66.0 Å². The van der Waals surface area contributed by atoms with E-state index in [0.29, 0.717) is 5.92 Å². The Morgan fingerprint density at radius 2 is 1.90 bits per heavy atom. The fraction of sp³-hybridized carbons (Fsp3) is 0.480. The number of hydrogen-bond donors (Lipinski definition) is 1. The molecule has 2 aliphatic rings. The number of fused-ring (bicyclic) bond motifs is 2. The van der Waals surface area contributed by atoms with Crippen LogP contribution in [0.5, 0.6) is 11.5 Å². The van der Waals surface area contributed by atoms with Crippen molar-refractivity contribution in [2.75, 3.05) is 30.3 Å². The van der Waals surface area contributed by atoms with E-state index in [1.165, 1.54) is 47.1 Å². The molecule has 0 aromatic heterocycles. The number of rotatable bonds is 7. The van der Waals surface area contributed by atoms with Crippen molar-refractivity contribution in [2.45, 2.75) is 51.3 Å². The zero-order chi connectivity index (χ0) is 22.4. The van der Waals surface area contributed by atoms with Crippen molar-refractivity contribution in [3.05, 3.63) is 52.1 Å². The molecule has 0 spiro atoms. The molecule has 2 aliphatic heterocycles. The van der Waals surface area contributed by atoms with Gasteiger partial charge in [0.2, 0.25) is 0 Å². The minimum absolute atomic E-state index is 0.0231. The van der Waals surface area contributed by atoms with Gasteiger partial charge in [0.25, 0.3) is 0 Å². The molecule has 2 aromatic rings. The van der Waals surface area contributed by atoms with Gasteiger partial charge >= 0.3 is 0 Å². The van der Waals surface area contributed by atoms with E-state index in [-0.39, 0.29) is 5.75 Å². The van der Waals surface area contributed by atoms with E-state index < -0.39 is 5.97 Å². The average Bonchev–Trinajstić information content (AvgIpc) is 2.70. The van der Waals surface area contributed by atoms with Gasteiger partial charge in [-0.15, -0.1) is 11.8 Å². The van der Waals surface area contributed by atoms with E-state index in [4.69, 9.17) is 4.74 Å². The molecule has 0 bridgehead atoms. The highest BCUT2D eigenvalue weighted by molar-refractivity contribution is 8.01. The molecule has 0 aliphatic carbocycles. The molecular weight excluding hydrogens is 426 g/mol. The Balaban J connectivity index is 0.000000491. The van der Waals surface area contributed by atoms with Gasteiger partial charge in [0.05, 0.1) is 19.1 Å². The summed E-state index contributed by atoms with van der Waals surface area (Å²) in [5.41, 5.74) is 6.16. The van der Waals surface area contributed by atoms with E-state index in [0.717, 1.165) is 46.3 Å². The minimum Gasteiger partial charge on any atom is -0.549 e. The van der Waals surface area contributed by atoms with Crippen LogP contribution in [-0.4, -0.2) is 36.3 Å². The Kier molecular flexibility index (Phi) is 8.76. The van der Waals surface area contributed by atoms with Gasteiger partial charge in [0, 0.05) is 45.6 Å². The summed E-state index contributed by atoms with van der Waals surface area (Å²) in [4.78, 5) is 12.2. The smallest absolute Gasteiger partial charge is 0.132 e. The molecule has 1 fully saturated rings. The van der Waals surface area contributed by atoms with Crippen LogP contribution in [0, 0.1) is 6.92 Å². The molecule has 2 aromatic carbocycles. The summed E-state index contributed by atoms with van der Waals surface area (Å²) in [5, 5.41) is 13.3. The van der Waals surface area contributed by atoms with Crippen LogP contribution in [0.3, 0.4) is 0 Å². The second kappa shape index (κ2) is 11.3. The Morgan fingerprint density at radius 1 is 1.16 bits per heavy atom. The quantitative estimate of drug-likeness (QED) is 0.548. The highest BCUT2D eigenvalue weighted by atomic mass is 32.2. The number of ether oxygens (including phenoxy) is 1. The van der Waals surface area contributed by atoms with Gasteiger partial charge in [-0.05, 0) is 56.0 Å². The highest BCUT2D eigenvalue weighted by Crippen LogP contribution is 2.47. The molecule has 0 radical (unpaired) electrons. The zero-order valence-electron chi connectivity index (χ0n) is 19.0. The maximum absolute atomic E-state index is 11.1. The summed E-state index contributed by atoms with van der Waals surface area (Å²) in [5.74, 6) is 3.48. The van der Waals surface area contributed by atoms with Crippen LogP contribution < -0.4 is 15.2 Å². The van der Waals surface area contributed by atoms with Gasteiger partial charge in [0.1, 0.15) is 11.5 Å². The Bertz CT molecular complexity index is 923. The molecule has 0 atom stereocenters. The molecule has 1 saturated heterocycles. The van der Waals surface area contributed by atoms with E-state index >= 15 is 0 Å². The molecular formula is C25H33NO3S2. The maximum atomic E-state index is 11.1. The number of carboxylic acid groups (broad SMARTS) is 1. The number of carbonyl (C=O) groups excluding carboxylic acids is 1. The Labute approximate surface area is 194 Å². The predicted molar refractivity (Wildman–Crippen MR) is 129 cm³/mol. The Morgan fingerprint density at radius 3 is 2.45 bits per heavy atom. The molecule has 0 saturated carbocycles. The number of thioether (sulfide) groups is 2. The molecule has 6 heteroatoms. The number of carbonyl (C=O) groups is 1. The lowest BCUT2D eigenvalue weighted by atomic mass is 9.90. The van der Waals surface area contributed by atoms with Crippen LogP contribution >= 0.6 is 23.5 Å². The van der Waals surface area contributed by atoms with Gasteiger partial charge in [-0.3, -0.25) is 0 Å². The molecule has 0 amide bonds. The largest absolute Gasteiger partial charge is 0.549 e. The first-order chi connectivity index (χ1) is 15.0. The van der Waals surface area contributed by atoms with Crippen molar-refractivity contribution in [2.24, 2.45) is 0 Å². The first-order valence-corrected chi connectivity index (χ1v) is 13.3. The van der Waals surface area contributed by atoms with Crippen LogP contribution in [0.1, 0.15) is 54.5 Å². The molecule has 168 valence electrons. The molecule has 4 nitrogen and oxygen atoms in total. The number of quaternary nitrogens is 1. The Hall–Kier alpha value is -1.63. The lowest BCUT2D eigenvalue weighted by Gasteiger charge is -2.31. The normalized spacial score (nSPS) is 14.5. The van der Waals surface area contributed by atoms with Crippen LogP contribution in [0.15, 0.2) is 29.2 Å². The van der Waals surface area contributed by atoms with Crippen LogP contribution in [0.25, 0.3) is 0 Å². The van der Waals surface area contributed by atoms with Gasteiger partial charge in [-0.1, -0.05) is 19.1 Å². The van der Waals surface area contributed by atoms with Crippen LogP contribution in [0.2, 0.25) is 0 Å². The summed E-state index contributed by atoms with van der Waals surface area (Å²) in [7, 11) is 0. The maximum Gasteiger partial charge on any atom is 0.132 e. The van der Waals surface area contributed by atoms with E-state index in [2.05, 4.69) is 57.3 Å². The van der Waals surface area contributed by atoms with Crippen molar-refractivity contribution >= 4 is 29.5 Å². The summed E-state index contributed by atoms with van der Waals surface area (Å²) in [6.07, 6.45) is 1.76. The lowest BCUT2D eigenvalue weighted by molar-refractivity contribution is -0.648. The number of benzene rings is 2. The lowest BCUT2D eigenvalue weighted by Crippen LogP contribution is -2.82. The third-order valence-electron chi connectivity index (χ3n) is 5.64. The molecule has 0 unspecified atom stereocenters. The molecule has 31 heavy (non-hydrogen) atoms. The monoisotopic (exact) mass is 459 g/mol. The van der Waals surface area contributed by atoms with Crippen LogP contribution in [-0.2, 0) is 17.6 Å². The standard InChI is InChI=1S/C21H22O3S2.C4H11N/c1-3-13-6-12(2)7-19-16(13)8-17-18(24-19)5-4-15(14-9-25-10-14)21(17)26-11-20(22)23;1-3-5-4-2/h4-7,14H,3,8-11H2,1-2H3,(H,22,23);5H,3-4H2,1-2H3. The summed E-state index contributed by atoms with van der Waals surface area (Å²) >= 11 is 3.32. The van der Waals surface area contributed by atoms with E-state index in [1.807, 2.05) is 11.8 Å². The highest BCUT2D eigenvalue weighted by Gasteiger charge is 2.29. The van der Waals surface area contributed by atoms with E-state index in [9.17, 15) is 9.90 Å². The number of aryl methyl sites for hydroxylation is 2. The molecule has 2 N–H and O–H groups in total. The first kappa shape index (κ1) is 24.0. The average molecular weight is 460 g/mol. The fourth-order valence-electron chi connectivity index (χ4n) is 3.98. The summed E-state index contributed by atoms with van der Waals surface area (Å²) in [6.45, 7) is 11.0. The van der Waals surface area contributed by atoms with Crippen molar-refractivity contribution in [1.82, 2.24) is 0 Å². The molecule has 2 heterocycles. The van der Waals surface area contributed by atoms with E-state index in [1.54, 1.807) is 0 Å². The van der Waals surface area contributed by atoms with Crippen molar-refractivity contribution < 1.29 is 20.0 Å². The van der Waals surface area contributed by atoms with Gasteiger partial charge in [-0.2, -0.15) is 11.8 Å². The first-order valence-electron chi connectivity index (χ1n) is 11.2. The van der Waals surface area contributed by atoms with Crippen LogP contribution in [0.4, 0.5) is 0 Å². The number of hydrogen-bond acceptors (Lipinski definition) is 5. The van der Waals surface area contributed by atoms with Gasteiger partial charge in [0.15, 0.2) is 0 Å². The SMILES string of the molecule is CC[NH2+]CC.CCc1cc(C)cc2c1Cc1c(ccc(C3CSC3)c1SCC(=O)[O-])O2. The summed E-state index contributed by atoms with van der Waals surface area (Å²) in [6, 6.07) is 8.52. The summed E-state index contributed by atoms with van der Waals surface area (Å²) < 4.78 is 6.25. The third-order valence-corrected chi connectivity index (χ3v) is 8.06. The second-order valence-electron chi connectivity index (χ2n) is 7.99. The van der Waals surface area contributed by atoms with Crippen molar-refractivity contribution in [1.29, 1.82) is 0 Å². The number of nitrogens with two attached hydrogens (primary N) is 1. The van der Waals surface area contributed by atoms with Crippen molar-refractivity contribution in [3.63, 3.8) is 0 Å². The number of aliphatic carboxylic acids is 1. The second-order valence-corrected chi connectivity index (χ2v) is 10.1. The van der Waals surface area contributed by atoms with Gasteiger partial charge < -0.3 is 20.0 Å². The van der Waals surface area contributed by atoms with Gasteiger partial charge in [-0.25, -0.2) is 0 Å². The fourth-order valence-corrected chi connectivity index (χ4v) is 5.82. The predicted octanol–water partition coefficient (Wildman–Crippen LogP) is 3.52. The minimum atomic E-state index is -1.02.